The number of rotatable bonds is 10. The van der Waals surface area contributed by atoms with E-state index in [9.17, 15) is 14.4 Å². The maximum atomic E-state index is 12.5. The molecule has 0 aromatic carbocycles. The monoisotopic (exact) mass is 378 g/mol. The van der Waals surface area contributed by atoms with Gasteiger partial charge in [0.25, 0.3) is 0 Å². The van der Waals surface area contributed by atoms with Crippen LogP contribution in [0.5, 0.6) is 0 Å². The molecule has 140 valence electrons. The van der Waals surface area contributed by atoms with Crippen LogP contribution < -0.4 is 10.6 Å². The summed E-state index contributed by atoms with van der Waals surface area (Å²) in [5.41, 5.74) is 0. The van der Waals surface area contributed by atoms with Crippen molar-refractivity contribution in [3.05, 3.63) is 0 Å². The van der Waals surface area contributed by atoms with Crippen LogP contribution in [0.15, 0.2) is 0 Å². The number of amides is 2. The van der Waals surface area contributed by atoms with Gasteiger partial charge in [-0.1, -0.05) is 17.7 Å². The molecule has 0 heterocycles. The Hall–Kier alpha value is -0.890. The van der Waals surface area contributed by atoms with Crippen LogP contribution in [-0.4, -0.2) is 42.2 Å². The molecule has 0 aliphatic carbocycles. The number of thiol groups is 1. The van der Waals surface area contributed by atoms with Gasteiger partial charge in [0.1, 0.15) is 0 Å². The maximum absolute atomic E-state index is 12.5. The fraction of sp³-hybridized carbons (Fsp3) is 0.812. The average molecular weight is 379 g/mol. The molecule has 0 aliphatic heterocycles. The molecule has 2 N–H and O–H groups in total. The van der Waals surface area contributed by atoms with Crippen molar-refractivity contribution < 1.29 is 19.1 Å². The first-order valence-corrected chi connectivity index (χ1v) is 10.0. The summed E-state index contributed by atoms with van der Waals surface area (Å²) in [7, 11) is 2.44. The first-order valence-electron chi connectivity index (χ1n) is 8.11. The van der Waals surface area contributed by atoms with Crippen LogP contribution in [0, 0.1) is 11.8 Å². The van der Waals surface area contributed by atoms with Crippen molar-refractivity contribution in [3.8, 4) is 0 Å². The highest BCUT2D eigenvalue weighted by Gasteiger charge is 2.31. The zero-order valence-electron chi connectivity index (χ0n) is 15.3. The minimum absolute atomic E-state index is 0.0115. The van der Waals surface area contributed by atoms with E-state index in [4.69, 9.17) is 4.74 Å². The third-order valence-electron chi connectivity index (χ3n) is 3.39. The second-order valence-electron chi connectivity index (χ2n) is 6.51. The Kier molecular flexibility index (Phi) is 11.2. The summed E-state index contributed by atoms with van der Waals surface area (Å²) in [5.74, 6) is -1.57. The second-order valence-corrected chi connectivity index (χ2v) is 7.93. The van der Waals surface area contributed by atoms with E-state index in [-0.39, 0.29) is 29.9 Å². The topological polar surface area (TPSA) is 84.5 Å². The lowest BCUT2D eigenvalue weighted by atomic mass is 9.90. The van der Waals surface area contributed by atoms with E-state index in [1.54, 1.807) is 6.92 Å². The van der Waals surface area contributed by atoms with Gasteiger partial charge in [-0.25, -0.2) is 0 Å². The fourth-order valence-corrected chi connectivity index (χ4v) is 3.30. The van der Waals surface area contributed by atoms with E-state index in [1.807, 2.05) is 27.7 Å². The normalized spacial score (nSPS) is 14.9. The van der Waals surface area contributed by atoms with E-state index in [1.165, 1.54) is 7.11 Å². The fourth-order valence-electron chi connectivity index (χ4n) is 2.27. The quantitative estimate of drug-likeness (QED) is 0.308. The summed E-state index contributed by atoms with van der Waals surface area (Å²) in [6, 6.07) is -0.00237. The largest absolute Gasteiger partial charge is 0.469 e. The van der Waals surface area contributed by atoms with Crippen LogP contribution in [0.3, 0.4) is 0 Å². The summed E-state index contributed by atoms with van der Waals surface area (Å²) in [5, 5.41) is 5.22. The van der Waals surface area contributed by atoms with Crippen molar-refractivity contribution in [1.29, 1.82) is 0 Å². The molecular weight excluding hydrogens is 348 g/mol. The Morgan fingerprint density at radius 1 is 0.958 bits per heavy atom. The summed E-state index contributed by atoms with van der Waals surface area (Å²) >= 11 is 4.17. The summed E-state index contributed by atoms with van der Waals surface area (Å²) in [6.07, 6.45) is 0.637. The Labute approximate surface area is 154 Å². The highest BCUT2D eigenvalue weighted by atomic mass is 33.1. The molecule has 0 aromatic heterocycles. The van der Waals surface area contributed by atoms with Crippen molar-refractivity contribution in [2.75, 3.05) is 7.11 Å². The van der Waals surface area contributed by atoms with E-state index in [2.05, 4.69) is 22.3 Å². The number of hydrogen-bond donors (Lipinski definition) is 3. The van der Waals surface area contributed by atoms with E-state index in [0.29, 0.717) is 12.8 Å². The molecular formula is C16H30N2O4S2. The molecule has 0 bridgehead atoms. The minimum atomic E-state index is -0.469. The molecule has 0 radical (unpaired) electrons. The SMILES string of the molecule is COC(=O)C(C)CC(CC(SS)C(=O)NC(C)C)C(=O)NC(C)C. The first kappa shape index (κ1) is 23.1. The Balaban J connectivity index is 5.11. The number of esters is 1. The van der Waals surface area contributed by atoms with Crippen LogP contribution in [0.2, 0.25) is 0 Å². The molecule has 0 rings (SSSR count). The lowest BCUT2D eigenvalue weighted by Gasteiger charge is -2.24. The third kappa shape index (κ3) is 8.82. The number of methoxy groups -OCH3 is 1. The van der Waals surface area contributed by atoms with Crippen LogP contribution >= 0.6 is 22.5 Å². The van der Waals surface area contributed by atoms with Gasteiger partial charge in [-0.15, -0.1) is 11.7 Å². The lowest BCUT2D eigenvalue weighted by Crippen LogP contribution is -2.42. The maximum Gasteiger partial charge on any atom is 0.308 e. The molecule has 0 aromatic rings. The number of hydrogen-bond acceptors (Lipinski definition) is 6. The molecule has 0 fully saturated rings. The van der Waals surface area contributed by atoms with E-state index < -0.39 is 17.1 Å². The van der Waals surface area contributed by atoms with E-state index in [0.717, 1.165) is 10.8 Å². The van der Waals surface area contributed by atoms with Gasteiger partial charge in [-0.05, 0) is 40.5 Å². The second kappa shape index (κ2) is 11.6. The molecule has 0 saturated carbocycles. The number of ether oxygens (including phenoxy) is 1. The van der Waals surface area contributed by atoms with Crippen LogP contribution in [0.25, 0.3) is 0 Å². The van der Waals surface area contributed by atoms with Gasteiger partial charge in [-0.2, -0.15) is 0 Å². The molecule has 6 nitrogen and oxygen atoms in total. The van der Waals surface area contributed by atoms with Gasteiger partial charge < -0.3 is 15.4 Å². The van der Waals surface area contributed by atoms with Crippen molar-refractivity contribution in [3.63, 3.8) is 0 Å². The molecule has 0 aliphatic rings. The standard InChI is InChI=1S/C16H30N2O4S2/c1-9(2)17-14(19)12(7-11(5)16(21)22-6)8-13(24-23)15(20)18-10(3)4/h9-13,23H,7-8H2,1-6H3,(H,17,19)(H,18,20). The summed E-state index contributed by atoms with van der Waals surface area (Å²) < 4.78 is 4.73. The molecule has 3 unspecified atom stereocenters. The van der Waals surface area contributed by atoms with Crippen molar-refractivity contribution >= 4 is 40.2 Å². The van der Waals surface area contributed by atoms with Crippen molar-refractivity contribution in [2.45, 2.75) is 64.8 Å². The predicted octanol–water partition coefficient (Wildman–Crippen LogP) is 2.19. The smallest absolute Gasteiger partial charge is 0.308 e. The van der Waals surface area contributed by atoms with Crippen LogP contribution in [0.4, 0.5) is 0 Å². The zero-order chi connectivity index (χ0) is 18.9. The molecule has 24 heavy (non-hydrogen) atoms. The Bertz CT molecular complexity index is 430. The predicted molar refractivity (Wildman–Crippen MR) is 101 cm³/mol. The van der Waals surface area contributed by atoms with Crippen molar-refractivity contribution in [1.82, 2.24) is 10.6 Å². The van der Waals surface area contributed by atoms with Crippen molar-refractivity contribution in [2.24, 2.45) is 11.8 Å². The van der Waals surface area contributed by atoms with Gasteiger partial charge in [0.15, 0.2) is 0 Å². The summed E-state index contributed by atoms with van der Waals surface area (Å²) in [4.78, 5) is 36.4. The molecule has 8 heteroatoms. The third-order valence-corrected chi connectivity index (χ3v) is 4.82. The highest BCUT2D eigenvalue weighted by Crippen LogP contribution is 2.27. The molecule has 0 spiro atoms. The molecule has 3 atom stereocenters. The Morgan fingerprint density at radius 2 is 1.46 bits per heavy atom. The number of carbonyl (C=O) groups is 3. The highest BCUT2D eigenvalue weighted by molar-refractivity contribution is 8.69. The van der Waals surface area contributed by atoms with E-state index >= 15 is 0 Å². The van der Waals surface area contributed by atoms with Gasteiger partial charge in [0.2, 0.25) is 11.8 Å². The summed E-state index contributed by atoms with van der Waals surface area (Å²) in [6.45, 7) is 9.21. The molecule has 2 amide bonds. The average Bonchev–Trinajstić information content (AvgIpc) is 2.48. The van der Waals surface area contributed by atoms with Gasteiger partial charge >= 0.3 is 5.97 Å². The lowest BCUT2D eigenvalue weighted by molar-refractivity contribution is -0.145. The molecule has 0 saturated heterocycles. The minimum Gasteiger partial charge on any atom is -0.469 e. The zero-order valence-corrected chi connectivity index (χ0v) is 17.0. The Morgan fingerprint density at radius 3 is 1.88 bits per heavy atom. The van der Waals surface area contributed by atoms with Crippen LogP contribution in [0.1, 0.15) is 47.5 Å². The number of nitrogens with one attached hydrogen (secondary N) is 2. The van der Waals surface area contributed by atoms with Gasteiger partial charge in [-0.3, -0.25) is 14.4 Å². The first-order chi connectivity index (χ1) is 11.1. The van der Waals surface area contributed by atoms with Gasteiger partial charge in [0, 0.05) is 18.0 Å². The van der Waals surface area contributed by atoms with Gasteiger partial charge in [0.05, 0.1) is 18.3 Å². The number of carbonyl (C=O) groups excluding carboxylic acids is 3. The van der Waals surface area contributed by atoms with Crippen LogP contribution in [-0.2, 0) is 19.1 Å².